The number of amides is 4. The zero-order valence-corrected chi connectivity index (χ0v) is 13.2. The van der Waals surface area contributed by atoms with Crippen molar-refractivity contribution in [3.63, 3.8) is 0 Å². The van der Waals surface area contributed by atoms with E-state index in [1.54, 1.807) is 9.80 Å². The minimum absolute atomic E-state index is 0.0188. The zero-order chi connectivity index (χ0) is 15.6. The maximum absolute atomic E-state index is 12.7. The smallest absolute Gasteiger partial charge is 0.328 e. The number of rotatable bonds is 1. The van der Waals surface area contributed by atoms with E-state index in [9.17, 15) is 14.4 Å². The Balaban J connectivity index is 1.85. The molecular weight excluding hydrogens is 270 g/mol. The Morgan fingerprint density at radius 3 is 2.38 bits per heavy atom. The van der Waals surface area contributed by atoms with Gasteiger partial charge in [0.2, 0.25) is 5.91 Å². The summed E-state index contributed by atoms with van der Waals surface area (Å²) in [5, 5.41) is 0. The second-order valence-electron chi connectivity index (χ2n) is 7.52. The molecule has 4 amide bonds. The van der Waals surface area contributed by atoms with Crippen molar-refractivity contribution in [1.29, 1.82) is 0 Å². The van der Waals surface area contributed by atoms with Crippen molar-refractivity contribution in [1.82, 2.24) is 14.7 Å². The summed E-state index contributed by atoms with van der Waals surface area (Å²) in [6.45, 7) is 8.85. The van der Waals surface area contributed by atoms with E-state index < -0.39 is 5.54 Å². The first kappa shape index (κ1) is 14.4. The Kier molecular flexibility index (Phi) is 2.88. The highest BCUT2D eigenvalue weighted by molar-refractivity contribution is 6.08. The largest absolute Gasteiger partial charge is 0.336 e. The lowest BCUT2D eigenvalue weighted by Crippen LogP contribution is -2.47. The Morgan fingerprint density at radius 1 is 1.19 bits per heavy atom. The second-order valence-corrected chi connectivity index (χ2v) is 7.52. The van der Waals surface area contributed by atoms with Crippen LogP contribution in [0.2, 0.25) is 0 Å². The van der Waals surface area contributed by atoms with Crippen LogP contribution >= 0.6 is 0 Å². The quantitative estimate of drug-likeness (QED) is 0.683. The fourth-order valence-corrected chi connectivity index (χ4v) is 3.80. The van der Waals surface area contributed by atoms with Crippen molar-refractivity contribution in [2.24, 2.45) is 0 Å². The van der Waals surface area contributed by atoms with Gasteiger partial charge in [-0.15, -0.1) is 0 Å². The van der Waals surface area contributed by atoms with Crippen molar-refractivity contribution < 1.29 is 14.4 Å². The van der Waals surface area contributed by atoms with Crippen LogP contribution in [0.5, 0.6) is 0 Å². The van der Waals surface area contributed by atoms with Crippen LogP contribution in [-0.4, -0.2) is 62.8 Å². The minimum atomic E-state index is -0.685. The molecule has 0 aliphatic carbocycles. The highest BCUT2D eigenvalue weighted by Crippen LogP contribution is 2.39. The third-order valence-electron chi connectivity index (χ3n) is 5.04. The Morgan fingerprint density at radius 2 is 1.86 bits per heavy atom. The fraction of sp³-hybridized carbons (Fsp3) is 0.800. The molecule has 116 valence electrons. The van der Waals surface area contributed by atoms with Crippen molar-refractivity contribution in [2.75, 3.05) is 13.1 Å². The predicted octanol–water partition coefficient (Wildman–Crippen LogP) is 1.20. The minimum Gasteiger partial charge on any atom is -0.336 e. The first-order valence-corrected chi connectivity index (χ1v) is 7.62. The van der Waals surface area contributed by atoms with Gasteiger partial charge in [0.05, 0.1) is 6.04 Å². The molecule has 0 radical (unpaired) electrons. The lowest BCUT2D eigenvalue weighted by atomic mass is 9.99. The molecule has 6 nitrogen and oxygen atoms in total. The molecule has 0 aromatic heterocycles. The summed E-state index contributed by atoms with van der Waals surface area (Å²) >= 11 is 0. The summed E-state index contributed by atoms with van der Waals surface area (Å²) in [6, 6.07) is -0.535. The fourth-order valence-electron chi connectivity index (χ4n) is 3.80. The van der Waals surface area contributed by atoms with Crippen LogP contribution in [0.15, 0.2) is 0 Å². The molecule has 3 heterocycles. The number of nitrogens with zero attached hydrogens (tertiary/aromatic N) is 3. The third kappa shape index (κ3) is 1.88. The van der Waals surface area contributed by atoms with Crippen LogP contribution < -0.4 is 0 Å². The van der Waals surface area contributed by atoms with Crippen LogP contribution in [0.25, 0.3) is 0 Å². The van der Waals surface area contributed by atoms with Gasteiger partial charge < -0.3 is 9.80 Å². The lowest BCUT2D eigenvalue weighted by molar-refractivity contribution is -0.133. The molecule has 0 N–H and O–H groups in total. The Labute approximate surface area is 125 Å². The van der Waals surface area contributed by atoms with Crippen LogP contribution in [0, 0.1) is 0 Å². The summed E-state index contributed by atoms with van der Waals surface area (Å²) in [6.07, 6.45) is 1.84. The van der Waals surface area contributed by atoms with E-state index >= 15 is 0 Å². The molecule has 3 fully saturated rings. The summed E-state index contributed by atoms with van der Waals surface area (Å²) < 4.78 is 0. The first-order valence-electron chi connectivity index (χ1n) is 7.62. The summed E-state index contributed by atoms with van der Waals surface area (Å²) in [4.78, 5) is 42.2. The van der Waals surface area contributed by atoms with Crippen molar-refractivity contribution in [3.8, 4) is 0 Å². The topological polar surface area (TPSA) is 60.9 Å². The monoisotopic (exact) mass is 293 g/mol. The molecule has 0 aromatic carbocycles. The first-order chi connectivity index (χ1) is 9.66. The highest BCUT2D eigenvalue weighted by atomic mass is 16.2. The summed E-state index contributed by atoms with van der Waals surface area (Å²) in [5.41, 5.74) is -0.965. The van der Waals surface area contributed by atoms with E-state index in [-0.39, 0.29) is 35.8 Å². The van der Waals surface area contributed by atoms with E-state index in [2.05, 4.69) is 0 Å². The molecule has 0 spiro atoms. The number of hydrogen-bond acceptors (Lipinski definition) is 3. The average Bonchev–Trinajstić information content (AvgIpc) is 2.97. The molecule has 0 aromatic rings. The van der Waals surface area contributed by atoms with Gasteiger partial charge in [0.25, 0.3) is 5.91 Å². The number of imide groups is 1. The zero-order valence-electron chi connectivity index (χ0n) is 13.2. The Hall–Kier alpha value is -1.59. The molecular formula is C15H23N3O3. The second kappa shape index (κ2) is 4.21. The normalized spacial score (nSPS) is 33.4. The van der Waals surface area contributed by atoms with Crippen LogP contribution in [0.4, 0.5) is 4.79 Å². The lowest BCUT2D eigenvalue weighted by Gasteiger charge is -2.32. The van der Waals surface area contributed by atoms with Crippen molar-refractivity contribution >= 4 is 17.8 Å². The molecule has 21 heavy (non-hydrogen) atoms. The molecule has 0 saturated carbocycles. The molecule has 0 bridgehead atoms. The van der Waals surface area contributed by atoms with E-state index in [0.29, 0.717) is 13.1 Å². The van der Waals surface area contributed by atoms with Gasteiger partial charge in [-0.3, -0.25) is 14.5 Å². The van der Waals surface area contributed by atoms with Crippen LogP contribution in [0.1, 0.15) is 47.0 Å². The molecule has 3 aliphatic rings. The van der Waals surface area contributed by atoms with Gasteiger partial charge in [0.15, 0.2) is 0 Å². The molecule has 6 heteroatoms. The van der Waals surface area contributed by atoms with Crippen LogP contribution in [-0.2, 0) is 9.59 Å². The number of fused-ring (bicyclic) bond motifs is 1. The molecule has 3 aliphatic heterocycles. The third-order valence-corrected chi connectivity index (χ3v) is 5.04. The van der Waals surface area contributed by atoms with Gasteiger partial charge in [-0.05, 0) is 40.5 Å². The summed E-state index contributed by atoms with van der Waals surface area (Å²) in [5.74, 6) is -0.108. The number of urea groups is 1. The predicted molar refractivity (Wildman–Crippen MR) is 76.5 cm³/mol. The molecule has 3 rings (SSSR count). The number of carbonyl (C=O) groups excluding carboxylic acids is 3. The van der Waals surface area contributed by atoms with Gasteiger partial charge in [0, 0.05) is 25.0 Å². The van der Waals surface area contributed by atoms with E-state index in [0.717, 1.165) is 12.8 Å². The van der Waals surface area contributed by atoms with Gasteiger partial charge in [0.1, 0.15) is 5.54 Å². The van der Waals surface area contributed by atoms with Gasteiger partial charge >= 0.3 is 6.03 Å². The average molecular weight is 293 g/mol. The molecule has 0 unspecified atom stereocenters. The number of likely N-dealkylation sites (tertiary alicyclic amines) is 1. The van der Waals surface area contributed by atoms with Gasteiger partial charge in [-0.2, -0.15) is 0 Å². The SMILES string of the molecule is CC(C)(C)N1C[C@H](N2C(=O)N3CCC[C@@]3(C)C2=O)CC1=O. The van der Waals surface area contributed by atoms with E-state index in [1.807, 2.05) is 27.7 Å². The highest BCUT2D eigenvalue weighted by Gasteiger charge is 2.59. The maximum Gasteiger partial charge on any atom is 0.328 e. The van der Waals surface area contributed by atoms with E-state index in [4.69, 9.17) is 0 Å². The van der Waals surface area contributed by atoms with Crippen LogP contribution in [0.3, 0.4) is 0 Å². The van der Waals surface area contributed by atoms with Gasteiger partial charge in [-0.25, -0.2) is 4.79 Å². The standard InChI is InChI=1S/C15H23N3O3/c1-14(2,3)17-9-10(8-11(17)19)18-12(20)15(4)6-5-7-16(15)13(18)21/h10H,5-9H2,1-4H3/t10-,15+/m1/s1. The molecule has 3 saturated heterocycles. The van der Waals surface area contributed by atoms with Gasteiger partial charge in [-0.1, -0.05) is 0 Å². The van der Waals surface area contributed by atoms with E-state index in [1.165, 1.54) is 4.90 Å². The van der Waals surface area contributed by atoms with Crippen molar-refractivity contribution in [3.05, 3.63) is 0 Å². The maximum atomic E-state index is 12.7. The Bertz CT molecular complexity index is 525. The number of carbonyl (C=O) groups is 3. The van der Waals surface area contributed by atoms with Crippen molar-refractivity contribution in [2.45, 2.75) is 64.1 Å². The molecule has 2 atom stereocenters. The number of hydrogen-bond donors (Lipinski definition) is 0. The summed E-state index contributed by atoms with van der Waals surface area (Å²) in [7, 11) is 0.